The van der Waals surface area contributed by atoms with E-state index in [1.807, 2.05) is 19.1 Å². The van der Waals surface area contributed by atoms with Gasteiger partial charge in [0.05, 0.1) is 0 Å². The number of hydrogen-bond donors (Lipinski definition) is 0. The van der Waals surface area contributed by atoms with E-state index < -0.39 is 0 Å². The molecule has 1 aromatic carbocycles. The minimum atomic E-state index is 0.396. The molecule has 0 unspecified atom stereocenters. The first kappa shape index (κ1) is 12.4. The van der Waals surface area contributed by atoms with Gasteiger partial charge in [0, 0.05) is 17.3 Å². The first-order chi connectivity index (χ1) is 7.22. The molecule has 0 saturated carbocycles. The van der Waals surface area contributed by atoms with Gasteiger partial charge in [-0.25, -0.2) is 0 Å². The van der Waals surface area contributed by atoms with Gasteiger partial charge in [0.2, 0.25) is 0 Å². The summed E-state index contributed by atoms with van der Waals surface area (Å²) in [5.74, 6) is 0.396. The summed E-state index contributed by atoms with van der Waals surface area (Å²) in [5.41, 5.74) is 1.30. The van der Waals surface area contributed by atoms with Crippen molar-refractivity contribution < 1.29 is 4.79 Å². The highest BCUT2D eigenvalue weighted by Crippen LogP contribution is 2.13. The molecule has 0 spiro atoms. The van der Waals surface area contributed by atoms with E-state index in [0.717, 1.165) is 36.6 Å². The van der Waals surface area contributed by atoms with E-state index in [2.05, 4.69) is 28.1 Å². The van der Waals surface area contributed by atoms with Gasteiger partial charge in [0.25, 0.3) is 0 Å². The topological polar surface area (TPSA) is 17.1 Å². The highest BCUT2D eigenvalue weighted by atomic mass is 79.9. The van der Waals surface area contributed by atoms with Crippen LogP contribution in [0.2, 0.25) is 0 Å². The van der Waals surface area contributed by atoms with Crippen LogP contribution < -0.4 is 0 Å². The van der Waals surface area contributed by atoms with Crippen LogP contribution in [-0.4, -0.2) is 5.78 Å². The van der Waals surface area contributed by atoms with Crippen LogP contribution in [0.25, 0.3) is 0 Å². The zero-order chi connectivity index (χ0) is 11.1. The maximum Gasteiger partial charge on any atom is 0.132 e. The van der Waals surface area contributed by atoms with Gasteiger partial charge in [-0.15, -0.1) is 0 Å². The van der Waals surface area contributed by atoms with Crippen molar-refractivity contribution in [3.8, 4) is 0 Å². The Morgan fingerprint density at radius 3 is 2.80 bits per heavy atom. The molecule has 1 aromatic rings. The molecular formula is C13H17BrO. The maximum atomic E-state index is 11.3. The highest BCUT2D eigenvalue weighted by molar-refractivity contribution is 9.10. The molecule has 1 rings (SSSR count). The van der Waals surface area contributed by atoms with Crippen LogP contribution in [0.4, 0.5) is 0 Å². The second kappa shape index (κ2) is 6.78. The summed E-state index contributed by atoms with van der Waals surface area (Å²) < 4.78 is 1.11. The Hall–Kier alpha value is -0.630. The van der Waals surface area contributed by atoms with Gasteiger partial charge in [-0.3, -0.25) is 4.79 Å². The molecule has 82 valence electrons. The second-order valence-corrected chi connectivity index (χ2v) is 4.69. The lowest BCUT2D eigenvalue weighted by Crippen LogP contribution is -1.97. The van der Waals surface area contributed by atoms with Gasteiger partial charge < -0.3 is 0 Å². The van der Waals surface area contributed by atoms with Crippen molar-refractivity contribution in [2.45, 2.75) is 39.0 Å². The van der Waals surface area contributed by atoms with Crippen LogP contribution in [0.1, 0.15) is 38.2 Å². The Labute approximate surface area is 100 Å². The average molecular weight is 269 g/mol. The Morgan fingerprint density at radius 2 is 2.13 bits per heavy atom. The van der Waals surface area contributed by atoms with Crippen LogP contribution in [0.15, 0.2) is 28.7 Å². The number of rotatable bonds is 6. The van der Waals surface area contributed by atoms with Gasteiger partial charge in [-0.05, 0) is 37.0 Å². The van der Waals surface area contributed by atoms with E-state index in [0.29, 0.717) is 5.78 Å². The Kier molecular flexibility index (Phi) is 5.62. The number of carbonyl (C=O) groups is 1. The number of Topliss-reactive ketones (excluding diaryl/α,β-unsaturated/α-hetero) is 1. The number of ketones is 1. The van der Waals surface area contributed by atoms with Crippen LogP contribution >= 0.6 is 15.9 Å². The third-order valence-electron chi connectivity index (χ3n) is 2.34. The van der Waals surface area contributed by atoms with E-state index in [1.165, 1.54) is 5.56 Å². The van der Waals surface area contributed by atoms with Gasteiger partial charge >= 0.3 is 0 Å². The van der Waals surface area contributed by atoms with Crippen LogP contribution in [0.3, 0.4) is 0 Å². The molecule has 0 aromatic heterocycles. The minimum Gasteiger partial charge on any atom is -0.300 e. The zero-order valence-electron chi connectivity index (χ0n) is 9.13. The largest absolute Gasteiger partial charge is 0.300 e. The second-order valence-electron chi connectivity index (χ2n) is 3.77. The fraction of sp³-hybridized carbons (Fsp3) is 0.462. The van der Waals surface area contributed by atoms with E-state index in [4.69, 9.17) is 0 Å². The molecule has 0 aliphatic heterocycles. The Balaban J connectivity index is 2.28. The van der Waals surface area contributed by atoms with Crippen LogP contribution in [0, 0.1) is 0 Å². The quantitative estimate of drug-likeness (QED) is 0.758. The van der Waals surface area contributed by atoms with Crippen molar-refractivity contribution >= 4 is 21.7 Å². The van der Waals surface area contributed by atoms with Gasteiger partial charge in [-0.1, -0.05) is 35.0 Å². The minimum absolute atomic E-state index is 0.396. The van der Waals surface area contributed by atoms with Gasteiger partial charge in [0.1, 0.15) is 5.78 Å². The van der Waals surface area contributed by atoms with Gasteiger partial charge in [-0.2, -0.15) is 0 Å². The molecule has 1 nitrogen and oxygen atoms in total. The highest BCUT2D eigenvalue weighted by Gasteiger charge is 2.00. The summed E-state index contributed by atoms with van der Waals surface area (Å²) in [6, 6.07) is 8.28. The first-order valence-corrected chi connectivity index (χ1v) is 6.28. The molecule has 0 radical (unpaired) electrons. The SMILES string of the molecule is CCCC(=O)CCCc1cccc(Br)c1. The molecule has 0 amide bonds. The first-order valence-electron chi connectivity index (χ1n) is 5.48. The fourth-order valence-corrected chi connectivity index (χ4v) is 2.03. The summed E-state index contributed by atoms with van der Waals surface area (Å²) in [7, 11) is 0. The molecule has 0 aliphatic rings. The van der Waals surface area contributed by atoms with Crippen molar-refractivity contribution in [3.63, 3.8) is 0 Å². The Bertz CT molecular complexity index is 320. The summed E-state index contributed by atoms with van der Waals surface area (Å²) in [4.78, 5) is 11.3. The molecule has 0 N–H and O–H groups in total. The molecule has 0 bridgehead atoms. The molecule has 2 heteroatoms. The lowest BCUT2D eigenvalue weighted by Gasteiger charge is -2.01. The molecule has 15 heavy (non-hydrogen) atoms. The summed E-state index contributed by atoms with van der Waals surface area (Å²) in [5, 5.41) is 0. The molecule has 0 heterocycles. The summed E-state index contributed by atoms with van der Waals surface area (Å²) >= 11 is 3.44. The number of aryl methyl sites for hydroxylation is 1. The summed E-state index contributed by atoms with van der Waals surface area (Å²) in [6.45, 7) is 2.05. The van der Waals surface area contributed by atoms with Crippen molar-refractivity contribution in [1.29, 1.82) is 0 Å². The molecule has 0 atom stereocenters. The molecule has 0 fully saturated rings. The smallest absolute Gasteiger partial charge is 0.132 e. The number of halogens is 1. The zero-order valence-corrected chi connectivity index (χ0v) is 10.7. The molecule has 0 saturated heterocycles. The standard InChI is InChI=1S/C13H17BrO/c1-2-5-13(15)9-4-7-11-6-3-8-12(14)10-11/h3,6,8,10H,2,4-5,7,9H2,1H3. The van der Waals surface area contributed by atoms with Gasteiger partial charge in [0.15, 0.2) is 0 Å². The lowest BCUT2D eigenvalue weighted by molar-refractivity contribution is -0.119. The normalized spacial score (nSPS) is 10.3. The third-order valence-corrected chi connectivity index (χ3v) is 2.83. The van der Waals surface area contributed by atoms with Crippen molar-refractivity contribution in [2.24, 2.45) is 0 Å². The predicted octanol–water partition coefficient (Wildman–Crippen LogP) is 4.14. The number of benzene rings is 1. The van der Waals surface area contributed by atoms with E-state index in [-0.39, 0.29) is 0 Å². The maximum absolute atomic E-state index is 11.3. The number of carbonyl (C=O) groups excluding carboxylic acids is 1. The molecule has 0 aliphatic carbocycles. The average Bonchev–Trinajstić information content (AvgIpc) is 2.18. The number of hydrogen-bond acceptors (Lipinski definition) is 1. The third kappa shape index (κ3) is 5.12. The molecular weight excluding hydrogens is 252 g/mol. The summed E-state index contributed by atoms with van der Waals surface area (Å²) in [6.07, 6.45) is 4.39. The van der Waals surface area contributed by atoms with Crippen LogP contribution in [-0.2, 0) is 11.2 Å². The Morgan fingerprint density at radius 1 is 1.33 bits per heavy atom. The van der Waals surface area contributed by atoms with E-state index in [1.54, 1.807) is 0 Å². The van der Waals surface area contributed by atoms with E-state index >= 15 is 0 Å². The predicted molar refractivity (Wildman–Crippen MR) is 67.0 cm³/mol. The van der Waals surface area contributed by atoms with E-state index in [9.17, 15) is 4.79 Å². The fourth-order valence-electron chi connectivity index (χ4n) is 1.59. The monoisotopic (exact) mass is 268 g/mol. The van der Waals surface area contributed by atoms with Crippen LogP contribution in [0.5, 0.6) is 0 Å². The lowest BCUT2D eigenvalue weighted by atomic mass is 10.1. The van der Waals surface area contributed by atoms with Crippen molar-refractivity contribution in [1.82, 2.24) is 0 Å². The van der Waals surface area contributed by atoms with Crippen molar-refractivity contribution in [3.05, 3.63) is 34.3 Å². The van der Waals surface area contributed by atoms with Crippen molar-refractivity contribution in [2.75, 3.05) is 0 Å².